The fraction of sp³-hybridized carbons (Fsp3) is 0.130. The molecule has 3 aromatic carbocycles. The molecule has 28 heavy (non-hydrogen) atoms. The molecular formula is C23H20FN3O. The van der Waals surface area contributed by atoms with Crippen LogP contribution in [0.4, 0.5) is 10.1 Å². The summed E-state index contributed by atoms with van der Waals surface area (Å²) in [4.78, 5) is 0. The van der Waals surface area contributed by atoms with Gasteiger partial charge in [-0.25, -0.2) is 4.39 Å². The minimum absolute atomic E-state index is 0.285. The van der Waals surface area contributed by atoms with Crippen LogP contribution in [0.25, 0.3) is 11.5 Å². The van der Waals surface area contributed by atoms with E-state index >= 15 is 0 Å². The van der Waals surface area contributed by atoms with Gasteiger partial charge >= 0.3 is 0 Å². The highest BCUT2D eigenvalue weighted by atomic mass is 19.1. The molecule has 0 spiro atoms. The van der Waals surface area contributed by atoms with E-state index in [0.717, 1.165) is 23.2 Å². The van der Waals surface area contributed by atoms with Crippen molar-refractivity contribution in [1.29, 1.82) is 0 Å². The Morgan fingerprint density at radius 1 is 0.893 bits per heavy atom. The van der Waals surface area contributed by atoms with Crippen molar-refractivity contribution in [2.45, 2.75) is 19.4 Å². The highest BCUT2D eigenvalue weighted by Crippen LogP contribution is 2.30. The van der Waals surface area contributed by atoms with Crippen LogP contribution in [0, 0.1) is 5.82 Å². The number of para-hydroxylation sites is 1. The largest absolute Gasteiger partial charge is 0.418 e. The lowest BCUT2D eigenvalue weighted by molar-refractivity contribution is 0.493. The fourth-order valence-electron chi connectivity index (χ4n) is 3.12. The maximum atomic E-state index is 13.5. The third-order valence-corrected chi connectivity index (χ3v) is 4.61. The fourth-order valence-corrected chi connectivity index (χ4v) is 3.12. The van der Waals surface area contributed by atoms with Crippen LogP contribution in [0.15, 0.2) is 83.3 Å². The third-order valence-electron chi connectivity index (χ3n) is 4.61. The molecule has 1 aromatic heterocycles. The number of anilines is 1. The van der Waals surface area contributed by atoms with Gasteiger partial charge in [0.1, 0.15) is 11.9 Å². The number of hydrogen-bond donors (Lipinski definition) is 1. The molecule has 4 aromatic rings. The molecule has 1 heterocycles. The lowest BCUT2D eigenvalue weighted by Gasteiger charge is -2.19. The second kappa shape index (κ2) is 8.05. The maximum absolute atomic E-state index is 13.5. The summed E-state index contributed by atoms with van der Waals surface area (Å²) in [6, 6.07) is 23.6. The Morgan fingerprint density at radius 2 is 1.61 bits per heavy atom. The Bertz CT molecular complexity index is 1040. The molecule has 0 saturated carbocycles. The average molecular weight is 373 g/mol. The summed E-state index contributed by atoms with van der Waals surface area (Å²) in [5.74, 6) is 0.594. The zero-order valence-corrected chi connectivity index (χ0v) is 15.5. The number of halogens is 1. The molecule has 0 bridgehead atoms. The summed E-state index contributed by atoms with van der Waals surface area (Å²) in [5.41, 5.74) is 3.86. The van der Waals surface area contributed by atoms with Crippen LogP contribution < -0.4 is 5.32 Å². The van der Waals surface area contributed by atoms with Gasteiger partial charge < -0.3 is 9.73 Å². The molecule has 0 radical (unpaired) electrons. The van der Waals surface area contributed by atoms with Crippen LogP contribution in [0.5, 0.6) is 0 Å². The van der Waals surface area contributed by atoms with Crippen molar-refractivity contribution in [3.63, 3.8) is 0 Å². The third kappa shape index (κ3) is 3.78. The van der Waals surface area contributed by atoms with Crippen molar-refractivity contribution in [2.24, 2.45) is 0 Å². The minimum atomic E-state index is -0.390. The van der Waals surface area contributed by atoms with E-state index in [1.807, 2.05) is 48.5 Å². The van der Waals surface area contributed by atoms with Crippen LogP contribution >= 0.6 is 0 Å². The molecule has 0 saturated heterocycles. The summed E-state index contributed by atoms with van der Waals surface area (Å²) in [6.07, 6.45) is 0.887. The number of hydrogen-bond acceptors (Lipinski definition) is 4. The van der Waals surface area contributed by atoms with Crippen LogP contribution in [-0.4, -0.2) is 10.2 Å². The van der Waals surface area contributed by atoms with E-state index in [0.29, 0.717) is 11.8 Å². The van der Waals surface area contributed by atoms with Gasteiger partial charge in [-0.2, -0.15) is 0 Å². The highest BCUT2D eigenvalue weighted by Gasteiger charge is 2.22. The Hall–Kier alpha value is -3.47. The normalized spacial score (nSPS) is 11.9. The Kier molecular flexibility index (Phi) is 5.15. The average Bonchev–Trinajstić information content (AvgIpc) is 3.24. The summed E-state index contributed by atoms with van der Waals surface area (Å²) < 4.78 is 19.4. The SMILES string of the molecule is CCc1ccccc1NC(c1ccc(F)cc1)c1nnc(-c2ccccc2)o1. The molecule has 140 valence electrons. The molecule has 4 nitrogen and oxygen atoms in total. The van der Waals surface area contributed by atoms with Crippen molar-refractivity contribution in [3.8, 4) is 11.5 Å². The zero-order valence-electron chi connectivity index (χ0n) is 15.5. The van der Waals surface area contributed by atoms with Crippen molar-refractivity contribution >= 4 is 5.69 Å². The van der Waals surface area contributed by atoms with Crippen molar-refractivity contribution < 1.29 is 8.81 Å². The maximum Gasteiger partial charge on any atom is 0.247 e. The molecule has 0 amide bonds. The molecule has 4 rings (SSSR count). The lowest BCUT2D eigenvalue weighted by atomic mass is 10.0. The Morgan fingerprint density at radius 3 is 2.36 bits per heavy atom. The highest BCUT2D eigenvalue weighted by molar-refractivity contribution is 5.55. The van der Waals surface area contributed by atoms with E-state index in [9.17, 15) is 4.39 Å². The number of aryl methyl sites for hydroxylation is 1. The summed E-state index contributed by atoms with van der Waals surface area (Å²) >= 11 is 0. The molecule has 5 heteroatoms. The van der Waals surface area contributed by atoms with Crippen LogP contribution in [0.3, 0.4) is 0 Å². The van der Waals surface area contributed by atoms with E-state index in [-0.39, 0.29) is 5.82 Å². The van der Waals surface area contributed by atoms with E-state index < -0.39 is 6.04 Å². The molecule has 0 aliphatic heterocycles. The Labute approximate surface area is 163 Å². The van der Waals surface area contributed by atoms with Gasteiger partial charge in [-0.3, -0.25) is 0 Å². The first-order valence-electron chi connectivity index (χ1n) is 9.23. The van der Waals surface area contributed by atoms with E-state index in [4.69, 9.17) is 4.42 Å². The van der Waals surface area contributed by atoms with Crippen molar-refractivity contribution in [1.82, 2.24) is 10.2 Å². The number of nitrogens with one attached hydrogen (secondary N) is 1. The lowest BCUT2D eigenvalue weighted by Crippen LogP contribution is -2.14. The summed E-state index contributed by atoms with van der Waals surface area (Å²) in [6.45, 7) is 2.10. The number of nitrogens with zero attached hydrogens (tertiary/aromatic N) is 2. The van der Waals surface area contributed by atoms with Crippen LogP contribution in [0.2, 0.25) is 0 Å². The molecule has 0 fully saturated rings. The van der Waals surface area contributed by atoms with E-state index in [2.05, 4.69) is 28.5 Å². The molecule has 1 unspecified atom stereocenters. The first kappa shape index (κ1) is 17.9. The number of rotatable bonds is 6. The molecule has 1 N–H and O–H groups in total. The smallest absolute Gasteiger partial charge is 0.247 e. The van der Waals surface area contributed by atoms with E-state index in [1.165, 1.54) is 17.7 Å². The monoisotopic (exact) mass is 373 g/mol. The second-order valence-electron chi connectivity index (χ2n) is 6.45. The van der Waals surface area contributed by atoms with Crippen LogP contribution in [-0.2, 0) is 6.42 Å². The second-order valence-corrected chi connectivity index (χ2v) is 6.45. The van der Waals surface area contributed by atoms with Gasteiger partial charge in [0.05, 0.1) is 0 Å². The van der Waals surface area contributed by atoms with Crippen LogP contribution in [0.1, 0.15) is 30.0 Å². The standard InChI is InChI=1S/C23H20FN3O/c1-2-16-8-6-7-11-20(16)25-21(17-12-14-19(24)15-13-17)23-27-26-22(28-23)18-9-4-3-5-10-18/h3-15,21,25H,2H2,1H3. The Balaban J connectivity index is 1.73. The van der Waals surface area contributed by atoms with Gasteiger partial charge in [-0.05, 0) is 47.9 Å². The van der Waals surface area contributed by atoms with Gasteiger partial charge in [0.25, 0.3) is 0 Å². The zero-order chi connectivity index (χ0) is 19.3. The van der Waals surface area contributed by atoms with Crippen molar-refractivity contribution in [2.75, 3.05) is 5.32 Å². The van der Waals surface area contributed by atoms with Gasteiger partial charge in [0, 0.05) is 11.3 Å². The van der Waals surface area contributed by atoms with Gasteiger partial charge in [0.2, 0.25) is 11.8 Å². The number of benzene rings is 3. The van der Waals surface area contributed by atoms with Crippen molar-refractivity contribution in [3.05, 3.63) is 102 Å². The van der Waals surface area contributed by atoms with Gasteiger partial charge in [-0.1, -0.05) is 55.5 Å². The quantitative estimate of drug-likeness (QED) is 0.475. The number of aromatic nitrogens is 2. The molecule has 0 aliphatic carbocycles. The first-order valence-corrected chi connectivity index (χ1v) is 9.23. The van der Waals surface area contributed by atoms with Gasteiger partial charge in [-0.15, -0.1) is 10.2 Å². The van der Waals surface area contributed by atoms with E-state index in [1.54, 1.807) is 12.1 Å². The first-order chi connectivity index (χ1) is 13.7. The minimum Gasteiger partial charge on any atom is -0.418 e. The molecule has 1 atom stereocenters. The summed E-state index contributed by atoms with van der Waals surface area (Å²) in [7, 11) is 0. The topological polar surface area (TPSA) is 51.0 Å². The predicted molar refractivity (Wildman–Crippen MR) is 107 cm³/mol. The predicted octanol–water partition coefficient (Wildman–Crippen LogP) is 5.64. The molecule has 0 aliphatic rings. The van der Waals surface area contributed by atoms with Gasteiger partial charge in [0.15, 0.2) is 0 Å². The summed E-state index contributed by atoms with van der Waals surface area (Å²) in [5, 5.41) is 12.0. The molecular weight excluding hydrogens is 353 g/mol.